The number of hydrogen-bond acceptors (Lipinski definition) is 5. The van der Waals surface area contributed by atoms with Crippen LogP contribution in [0.5, 0.6) is 0 Å². The van der Waals surface area contributed by atoms with Gasteiger partial charge < -0.3 is 16.0 Å². The largest absolute Gasteiger partial charge is 0.416 e. The van der Waals surface area contributed by atoms with E-state index < -0.39 is 29.2 Å². The van der Waals surface area contributed by atoms with Gasteiger partial charge in [-0.1, -0.05) is 13.3 Å². The molecule has 0 unspecified atom stereocenters. The molecule has 13 heteroatoms. The molecule has 5 nitrogen and oxygen atoms in total. The predicted molar refractivity (Wildman–Crippen MR) is 115 cm³/mol. The average Bonchev–Trinajstić information content (AvgIpc) is 3.06. The summed E-state index contributed by atoms with van der Waals surface area (Å²) in [4.78, 5) is 10.5. The van der Waals surface area contributed by atoms with E-state index >= 15 is 0 Å². The van der Waals surface area contributed by atoms with Crippen molar-refractivity contribution in [1.29, 1.82) is 0 Å². The van der Waals surface area contributed by atoms with Crippen molar-refractivity contribution in [1.82, 2.24) is 9.97 Å². The van der Waals surface area contributed by atoms with Gasteiger partial charge in [-0.15, -0.1) is 24.8 Å². The normalized spacial score (nSPS) is 16.4. The minimum atomic E-state index is -4.93. The van der Waals surface area contributed by atoms with Crippen LogP contribution in [0.3, 0.4) is 0 Å². The maximum Gasteiger partial charge on any atom is 0.416 e. The Labute approximate surface area is 193 Å². The first kappa shape index (κ1) is 28.1. The van der Waals surface area contributed by atoms with Crippen LogP contribution in [-0.4, -0.2) is 29.1 Å². The Kier molecular flexibility index (Phi) is 9.43. The molecule has 1 fully saturated rings. The smallest absolute Gasteiger partial charge is 0.355 e. The minimum Gasteiger partial charge on any atom is -0.355 e. The van der Waals surface area contributed by atoms with Crippen LogP contribution in [-0.2, 0) is 18.8 Å². The van der Waals surface area contributed by atoms with Crippen LogP contribution in [0.15, 0.2) is 24.3 Å². The second-order valence-corrected chi connectivity index (χ2v) is 7.21. The Hall–Kier alpha value is -1.98. The standard InChI is InChI=1S/C19H21F6N5.2ClH/c1-2-3-14-9-16(30-5-4-13(26)10-30)29-17(27-14)28-15-7-11(18(20,21)22)6-12(8-15)19(23,24)25;;/h6-9,13H,2-5,10,26H2,1H3,(H,27,28,29);2*1H/t13-;;/m0../s1. The van der Waals surface area contributed by atoms with E-state index in [-0.39, 0.29) is 42.9 Å². The first-order valence-electron chi connectivity index (χ1n) is 9.40. The summed E-state index contributed by atoms with van der Waals surface area (Å²) in [6, 6.07) is 3.03. The average molecular weight is 506 g/mol. The molecule has 0 saturated carbocycles. The zero-order valence-electron chi connectivity index (χ0n) is 16.9. The summed E-state index contributed by atoms with van der Waals surface area (Å²) in [6.07, 6.45) is -7.75. The SMILES string of the molecule is CCCc1cc(N2CC[C@H](N)C2)nc(Nc2cc(C(F)(F)F)cc(C(F)(F)F)c2)n1.Cl.Cl. The second kappa shape index (κ2) is 10.8. The van der Waals surface area contributed by atoms with Crippen molar-refractivity contribution < 1.29 is 26.3 Å². The summed E-state index contributed by atoms with van der Waals surface area (Å²) < 4.78 is 78.6. The molecule has 32 heavy (non-hydrogen) atoms. The fourth-order valence-corrected chi connectivity index (χ4v) is 3.24. The van der Waals surface area contributed by atoms with Gasteiger partial charge >= 0.3 is 12.4 Å². The van der Waals surface area contributed by atoms with Crippen molar-refractivity contribution in [3.05, 3.63) is 41.1 Å². The molecule has 0 amide bonds. The highest BCUT2D eigenvalue weighted by Gasteiger charge is 2.37. The summed E-state index contributed by atoms with van der Waals surface area (Å²) in [7, 11) is 0. The Morgan fingerprint density at radius 3 is 2.06 bits per heavy atom. The Morgan fingerprint density at radius 1 is 1.00 bits per heavy atom. The first-order chi connectivity index (χ1) is 14.0. The fraction of sp³-hybridized carbons (Fsp3) is 0.474. The van der Waals surface area contributed by atoms with Crippen molar-refractivity contribution in [3.8, 4) is 0 Å². The number of rotatable bonds is 5. The van der Waals surface area contributed by atoms with Gasteiger partial charge in [-0.25, -0.2) is 4.98 Å². The number of nitrogens with zero attached hydrogens (tertiary/aromatic N) is 3. The highest BCUT2D eigenvalue weighted by molar-refractivity contribution is 5.85. The van der Waals surface area contributed by atoms with E-state index in [2.05, 4.69) is 15.3 Å². The maximum atomic E-state index is 13.1. The summed E-state index contributed by atoms with van der Waals surface area (Å²) in [5, 5.41) is 2.52. The Bertz CT molecular complexity index is 875. The lowest BCUT2D eigenvalue weighted by Gasteiger charge is -2.19. The quantitative estimate of drug-likeness (QED) is 0.518. The van der Waals surface area contributed by atoms with E-state index in [9.17, 15) is 26.3 Å². The van der Waals surface area contributed by atoms with Gasteiger partial charge in [-0.3, -0.25) is 0 Å². The van der Waals surface area contributed by atoms with E-state index in [4.69, 9.17) is 5.73 Å². The van der Waals surface area contributed by atoms with E-state index in [1.165, 1.54) is 0 Å². The summed E-state index contributed by atoms with van der Waals surface area (Å²) in [6.45, 7) is 3.15. The van der Waals surface area contributed by atoms with E-state index in [0.717, 1.165) is 12.8 Å². The lowest BCUT2D eigenvalue weighted by Crippen LogP contribution is -2.27. The third-order valence-corrected chi connectivity index (χ3v) is 4.66. The zero-order valence-corrected chi connectivity index (χ0v) is 18.6. The predicted octanol–water partition coefficient (Wildman–Crippen LogP) is 5.59. The summed E-state index contributed by atoms with van der Waals surface area (Å²) in [5.41, 5.74) is 3.35. The highest BCUT2D eigenvalue weighted by atomic mass is 35.5. The number of nitrogens with one attached hydrogen (secondary N) is 1. The molecule has 3 rings (SSSR count). The van der Waals surface area contributed by atoms with Gasteiger partial charge in [0.05, 0.1) is 11.1 Å². The minimum absolute atomic E-state index is 0. The van der Waals surface area contributed by atoms with Crippen LogP contribution >= 0.6 is 24.8 Å². The monoisotopic (exact) mass is 505 g/mol. The van der Waals surface area contributed by atoms with Crippen molar-refractivity contribution in [2.24, 2.45) is 5.73 Å². The fourth-order valence-electron chi connectivity index (χ4n) is 3.24. The van der Waals surface area contributed by atoms with E-state index in [0.29, 0.717) is 43.2 Å². The molecule has 0 spiro atoms. The molecular weight excluding hydrogens is 483 g/mol. The third-order valence-electron chi connectivity index (χ3n) is 4.66. The highest BCUT2D eigenvalue weighted by Crippen LogP contribution is 2.38. The molecular formula is C19H23Cl2F6N5. The van der Waals surface area contributed by atoms with Crippen molar-refractivity contribution >= 4 is 42.3 Å². The third kappa shape index (κ3) is 7.01. The lowest BCUT2D eigenvalue weighted by atomic mass is 10.1. The van der Waals surface area contributed by atoms with Gasteiger partial charge in [0.2, 0.25) is 5.95 Å². The van der Waals surface area contributed by atoms with Crippen molar-refractivity contribution in [2.45, 2.75) is 44.6 Å². The van der Waals surface area contributed by atoms with Gasteiger partial charge in [0.1, 0.15) is 5.82 Å². The molecule has 0 radical (unpaired) electrons. The number of hydrogen-bond donors (Lipinski definition) is 2. The van der Waals surface area contributed by atoms with Crippen LogP contribution in [0.2, 0.25) is 0 Å². The zero-order chi connectivity index (χ0) is 22.1. The molecule has 1 atom stereocenters. The van der Waals surface area contributed by atoms with Crippen LogP contribution in [0.4, 0.5) is 43.8 Å². The number of aromatic nitrogens is 2. The molecule has 1 aliphatic rings. The molecule has 180 valence electrons. The molecule has 2 aromatic rings. The van der Waals surface area contributed by atoms with E-state index in [1.54, 1.807) is 6.07 Å². The molecule has 3 N–H and O–H groups in total. The number of anilines is 3. The molecule has 0 bridgehead atoms. The van der Waals surface area contributed by atoms with Gasteiger partial charge in [0, 0.05) is 36.6 Å². The van der Waals surface area contributed by atoms with E-state index in [1.807, 2.05) is 11.8 Å². The van der Waals surface area contributed by atoms with Crippen LogP contribution in [0.25, 0.3) is 0 Å². The van der Waals surface area contributed by atoms with Crippen LogP contribution in [0, 0.1) is 0 Å². The number of alkyl halides is 6. The van der Waals surface area contributed by atoms with Crippen molar-refractivity contribution in [3.63, 3.8) is 0 Å². The number of benzene rings is 1. The molecule has 1 aromatic heterocycles. The van der Waals surface area contributed by atoms with Gasteiger partial charge in [-0.2, -0.15) is 31.3 Å². The summed E-state index contributed by atoms with van der Waals surface area (Å²) in [5.74, 6) is 0.468. The van der Waals surface area contributed by atoms with Gasteiger partial charge in [-0.05, 0) is 31.0 Å². The molecule has 1 aliphatic heterocycles. The number of nitrogens with two attached hydrogens (primary N) is 1. The Balaban J connectivity index is 0.00000256. The topological polar surface area (TPSA) is 67.1 Å². The molecule has 1 saturated heterocycles. The Morgan fingerprint density at radius 2 is 1.59 bits per heavy atom. The first-order valence-corrected chi connectivity index (χ1v) is 9.40. The number of aryl methyl sites for hydroxylation is 1. The number of halogens is 8. The van der Waals surface area contributed by atoms with Gasteiger partial charge in [0.15, 0.2) is 0 Å². The van der Waals surface area contributed by atoms with Crippen molar-refractivity contribution in [2.75, 3.05) is 23.3 Å². The molecule has 1 aromatic carbocycles. The molecule has 2 heterocycles. The molecule has 0 aliphatic carbocycles. The maximum absolute atomic E-state index is 13.1. The second-order valence-electron chi connectivity index (χ2n) is 7.21. The van der Waals surface area contributed by atoms with Crippen LogP contribution < -0.4 is 16.0 Å². The van der Waals surface area contributed by atoms with Gasteiger partial charge in [0.25, 0.3) is 0 Å². The van der Waals surface area contributed by atoms with Crippen LogP contribution in [0.1, 0.15) is 36.6 Å². The summed E-state index contributed by atoms with van der Waals surface area (Å²) >= 11 is 0. The lowest BCUT2D eigenvalue weighted by molar-refractivity contribution is -0.143.